The van der Waals surface area contributed by atoms with Gasteiger partial charge in [-0.2, -0.15) is 4.39 Å². The first-order chi connectivity index (χ1) is 9.08. The Kier molecular flexibility index (Phi) is 4.27. The van der Waals surface area contributed by atoms with Crippen molar-refractivity contribution in [1.82, 2.24) is 10.3 Å². The van der Waals surface area contributed by atoms with Crippen molar-refractivity contribution in [3.05, 3.63) is 52.2 Å². The molecule has 2 aromatic heterocycles. The molecule has 1 unspecified atom stereocenters. The lowest BCUT2D eigenvalue weighted by atomic mass is 10.0. The molecule has 100 valence electrons. The highest BCUT2D eigenvalue weighted by molar-refractivity contribution is 7.10. The van der Waals surface area contributed by atoms with Crippen LogP contribution >= 0.6 is 11.3 Å². The van der Waals surface area contributed by atoms with Crippen LogP contribution in [-0.4, -0.2) is 10.9 Å². The minimum absolute atomic E-state index is 0.0660. The third-order valence-corrected chi connectivity index (χ3v) is 3.75. The fraction of sp³-hybridized carbons (Fsp3) is 0.286. The normalized spacial score (nSPS) is 12.4. The van der Waals surface area contributed by atoms with E-state index >= 15 is 0 Å². The van der Waals surface area contributed by atoms with Crippen molar-refractivity contribution in [1.29, 1.82) is 0 Å². The maximum Gasteiger partial charge on any atom is 0.252 e. The molecule has 19 heavy (non-hydrogen) atoms. The van der Waals surface area contributed by atoms with Crippen molar-refractivity contribution in [3.63, 3.8) is 0 Å². The highest BCUT2D eigenvalue weighted by Gasteiger charge is 2.20. The molecule has 1 N–H and O–H groups in total. The number of hydrogen-bond acceptors (Lipinski definition) is 3. The molecule has 0 aliphatic heterocycles. The van der Waals surface area contributed by atoms with Gasteiger partial charge in [0.2, 0.25) is 5.95 Å². The second-order valence-electron chi connectivity index (χ2n) is 4.58. The van der Waals surface area contributed by atoms with Gasteiger partial charge in [-0.15, -0.1) is 11.3 Å². The summed E-state index contributed by atoms with van der Waals surface area (Å²) in [5.41, 5.74) is 0.287. The Bertz CT molecular complexity index is 554. The molecule has 1 atom stereocenters. The zero-order chi connectivity index (χ0) is 13.8. The number of amides is 1. The van der Waals surface area contributed by atoms with Crippen molar-refractivity contribution in [2.75, 3.05) is 0 Å². The molecule has 2 rings (SSSR count). The molecule has 0 aromatic carbocycles. The number of carbonyl (C=O) groups is 1. The SMILES string of the molecule is CC(C)C(NC(=O)c1ccnc(F)c1)c1cccs1. The largest absolute Gasteiger partial charge is 0.344 e. The summed E-state index contributed by atoms with van der Waals surface area (Å²) in [6.45, 7) is 4.08. The predicted molar refractivity (Wildman–Crippen MR) is 73.6 cm³/mol. The molecule has 0 bridgehead atoms. The first-order valence-corrected chi connectivity index (χ1v) is 6.91. The van der Waals surface area contributed by atoms with Gasteiger partial charge < -0.3 is 5.32 Å². The van der Waals surface area contributed by atoms with Gasteiger partial charge in [0.05, 0.1) is 6.04 Å². The van der Waals surface area contributed by atoms with Crippen molar-refractivity contribution < 1.29 is 9.18 Å². The molecule has 3 nitrogen and oxygen atoms in total. The molecule has 0 aliphatic rings. The van der Waals surface area contributed by atoms with Gasteiger partial charge in [0.1, 0.15) is 0 Å². The highest BCUT2D eigenvalue weighted by atomic mass is 32.1. The number of pyridine rings is 1. The van der Waals surface area contributed by atoms with Crippen LogP contribution in [0.5, 0.6) is 0 Å². The van der Waals surface area contributed by atoms with Gasteiger partial charge in [-0.3, -0.25) is 4.79 Å². The Hall–Kier alpha value is -1.75. The molecule has 0 saturated heterocycles. The summed E-state index contributed by atoms with van der Waals surface area (Å²) >= 11 is 1.60. The average molecular weight is 278 g/mol. The van der Waals surface area contributed by atoms with Crippen LogP contribution in [-0.2, 0) is 0 Å². The van der Waals surface area contributed by atoms with Gasteiger partial charge in [0.15, 0.2) is 0 Å². The molecule has 0 fully saturated rings. The molecule has 5 heteroatoms. The zero-order valence-electron chi connectivity index (χ0n) is 10.8. The second kappa shape index (κ2) is 5.93. The van der Waals surface area contributed by atoms with Crippen LogP contribution in [0.3, 0.4) is 0 Å². The van der Waals surface area contributed by atoms with Gasteiger partial charge in [0, 0.05) is 22.7 Å². The quantitative estimate of drug-likeness (QED) is 0.871. The van der Waals surface area contributed by atoms with Crippen molar-refractivity contribution in [2.45, 2.75) is 19.9 Å². The zero-order valence-corrected chi connectivity index (χ0v) is 11.6. The Morgan fingerprint density at radius 1 is 1.42 bits per heavy atom. The van der Waals surface area contributed by atoms with E-state index in [1.165, 1.54) is 12.3 Å². The van der Waals surface area contributed by atoms with Gasteiger partial charge in [-0.25, -0.2) is 4.98 Å². The van der Waals surface area contributed by atoms with E-state index in [0.29, 0.717) is 0 Å². The summed E-state index contributed by atoms with van der Waals surface area (Å²) in [5, 5.41) is 4.91. The maximum atomic E-state index is 13.0. The molecule has 2 heterocycles. The van der Waals surface area contributed by atoms with E-state index in [0.717, 1.165) is 10.9 Å². The fourth-order valence-electron chi connectivity index (χ4n) is 1.80. The van der Waals surface area contributed by atoms with Crippen LogP contribution in [0.1, 0.15) is 35.1 Å². The molecular weight excluding hydrogens is 263 g/mol. The average Bonchev–Trinajstić information content (AvgIpc) is 2.88. The summed E-state index contributed by atoms with van der Waals surface area (Å²) in [6.07, 6.45) is 1.29. The lowest BCUT2D eigenvalue weighted by Gasteiger charge is -2.21. The monoisotopic (exact) mass is 278 g/mol. The molecule has 0 spiro atoms. The summed E-state index contributed by atoms with van der Waals surface area (Å²) < 4.78 is 13.0. The number of hydrogen-bond donors (Lipinski definition) is 1. The van der Waals surface area contributed by atoms with E-state index < -0.39 is 5.95 Å². The summed E-state index contributed by atoms with van der Waals surface area (Å²) in [6, 6.07) is 6.52. The van der Waals surface area contributed by atoms with Crippen LogP contribution < -0.4 is 5.32 Å². The van der Waals surface area contributed by atoms with E-state index in [-0.39, 0.29) is 23.4 Å². The second-order valence-corrected chi connectivity index (χ2v) is 5.56. The highest BCUT2D eigenvalue weighted by Crippen LogP contribution is 2.26. The molecule has 2 aromatic rings. The van der Waals surface area contributed by atoms with Crippen molar-refractivity contribution in [3.8, 4) is 0 Å². The van der Waals surface area contributed by atoms with Crippen LogP contribution in [0.4, 0.5) is 4.39 Å². The molecule has 0 saturated carbocycles. The smallest absolute Gasteiger partial charge is 0.252 e. The first-order valence-electron chi connectivity index (χ1n) is 6.03. The Morgan fingerprint density at radius 2 is 2.21 bits per heavy atom. The number of nitrogens with one attached hydrogen (secondary N) is 1. The van der Waals surface area contributed by atoms with Crippen LogP contribution in [0.25, 0.3) is 0 Å². The van der Waals surface area contributed by atoms with E-state index in [4.69, 9.17) is 0 Å². The molecule has 0 radical (unpaired) electrons. The number of aromatic nitrogens is 1. The number of nitrogens with zero attached hydrogens (tertiary/aromatic N) is 1. The Balaban J connectivity index is 2.16. The van der Waals surface area contributed by atoms with E-state index in [1.54, 1.807) is 11.3 Å². The van der Waals surface area contributed by atoms with Crippen LogP contribution in [0.15, 0.2) is 35.8 Å². The third-order valence-electron chi connectivity index (χ3n) is 2.79. The van der Waals surface area contributed by atoms with Gasteiger partial charge in [-0.05, 0) is 23.4 Å². The van der Waals surface area contributed by atoms with Crippen molar-refractivity contribution >= 4 is 17.2 Å². The lowest BCUT2D eigenvalue weighted by molar-refractivity contribution is 0.0926. The summed E-state index contributed by atoms with van der Waals surface area (Å²) in [5.74, 6) is -0.674. The maximum absolute atomic E-state index is 13.0. The Labute approximate surface area is 115 Å². The van der Waals surface area contributed by atoms with Crippen LogP contribution in [0.2, 0.25) is 0 Å². The summed E-state index contributed by atoms with van der Waals surface area (Å²) in [4.78, 5) is 16.6. The molecule has 1 amide bonds. The number of carbonyl (C=O) groups excluding carboxylic acids is 1. The van der Waals surface area contributed by atoms with Crippen LogP contribution in [0, 0.1) is 11.9 Å². The fourth-order valence-corrected chi connectivity index (χ4v) is 2.75. The minimum atomic E-state index is -0.648. The van der Waals surface area contributed by atoms with E-state index in [9.17, 15) is 9.18 Å². The summed E-state index contributed by atoms with van der Waals surface area (Å²) in [7, 11) is 0. The standard InChI is InChI=1S/C14H15FN2OS/c1-9(2)13(11-4-3-7-19-11)17-14(18)10-5-6-16-12(15)8-10/h3-9,13H,1-2H3,(H,17,18). The minimum Gasteiger partial charge on any atom is -0.344 e. The third kappa shape index (κ3) is 3.38. The number of thiophene rings is 1. The Morgan fingerprint density at radius 3 is 2.79 bits per heavy atom. The first kappa shape index (κ1) is 13.7. The van der Waals surface area contributed by atoms with Gasteiger partial charge in [-0.1, -0.05) is 19.9 Å². The lowest BCUT2D eigenvalue weighted by Crippen LogP contribution is -2.31. The van der Waals surface area contributed by atoms with E-state index in [1.807, 2.05) is 31.4 Å². The molecular formula is C14H15FN2OS. The van der Waals surface area contributed by atoms with Gasteiger partial charge in [0.25, 0.3) is 5.91 Å². The predicted octanol–water partition coefficient (Wildman–Crippen LogP) is 3.41. The van der Waals surface area contributed by atoms with E-state index in [2.05, 4.69) is 10.3 Å². The molecule has 0 aliphatic carbocycles. The van der Waals surface area contributed by atoms with Crippen molar-refractivity contribution in [2.24, 2.45) is 5.92 Å². The number of rotatable bonds is 4. The topological polar surface area (TPSA) is 42.0 Å². The number of halogens is 1. The van der Waals surface area contributed by atoms with Gasteiger partial charge >= 0.3 is 0 Å².